The van der Waals surface area contributed by atoms with E-state index in [1.807, 2.05) is 6.92 Å². The van der Waals surface area contributed by atoms with Gasteiger partial charge < -0.3 is 9.64 Å². The number of piperidine rings is 1. The summed E-state index contributed by atoms with van der Waals surface area (Å²) in [6.45, 7) is 2.76. The number of Topliss-reactive ketones (excluding diaryl/α,β-unsaturated/α-hetero) is 1. The van der Waals surface area contributed by atoms with Crippen LogP contribution >= 0.6 is 11.6 Å². The smallest absolute Gasteiger partial charge is 0.269 e. The Morgan fingerprint density at radius 3 is 2.48 bits per heavy atom. The summed E-state index contributed by atoms with van der Waals surface area (Å²) < 4.78 is 6.30. The Kier molecular flexibility index (Phi) is 4.78. The Hall–Kier alpha value is -2.93. The third-order valence-electron chi connectivity index (χ3n) is 5.63. The predicted molar refractivity (Wildman–Crippen MR) is 107 cm³/mol. The minimum Gasteiger partial charge on any atom is -0.486 e. The number of aryl methyl sites for hydroxylation is 1. The van der Waals surface area contributed by atoms with Gasteiger partial charge in [0.1, 0.15) is 11.4 Å². The summed E-state index contributed by atoms with van der Waals surface area (Å²) in [5.74, 6) is 0.410. The molecule has 150 valence electrons. The number of non-ortho nitro benzene ring substituents is 1. The van der Waals surface area contributed by atoms with Gasteiger partial charge in [-0.25, -0.2) is 0 Å². The van der Waals surface area contributed by atoms with E-state index in [4.69, 9.17) is 16.3 Å². The van der Waals surface area contributed by atoms with E-state index in [0.29, 0.717) is 47.8 Å². The van der Waals surface area contributed by atoms with Gasteiger partial charge in [-0.1, -0.05) is 11.6 Å². The molecule has 2 aromatic rings. The van der Waals surface area contributed by atoms with E-state index in [1.165, 1.54) is 24.3 Å². The third-order valence-corrected chi connectivity index (χ3v) is 5.85. The molecule has 0 aliphatic carbocycles. The lowest BCUT2D eigenvalue weighted by molar-refractivity contribution is -0.384. The fraction of sp³-hybridized carbons (Fsp3) is 0.333. The number of likely N-dealkylation sites (tertiary alicyclic amines) is 1. The fourth-order valence-corrected chi connectivity index (χ4v) is 4.29. The Labute approximate surface area is 172 Å². The summed E-state index contributed by atoms with van der Waals surface area (Å²) in [6, 6.07) is 9.01. The zero-order chi connectivity index (χ0) is 20.8. The maximum atomic E-state index is 12.7. The molecule has 7 nitrogen and oxygen atoms in total. The van der Waals surface area contributed by atoms with Gasteiger partial charge in [-0.05, 0) is 36.8 Å². The number of ketones is 1. The molecule has 1 fully saturated rings. The van der Waals surface area contributed by atoms with Crippen molar-refractivity contribution in [3.8, 4) is 5.75 Å². The summed E-state index contributed by atoms with van der Waals surface area (Å²) in [6.07, 6.45) is 1.34. The normalized spacial score (nSPS) is 17.6. The topological polar surface area (TPSA) is 89.8 Å². The van der Waals surface area contributed by atoms with Gasteiger partial charge in [0.2, 0.25) is 0 Å². The molecule has 8 heteroatoms. The van der Waals surface area contributed by atoms with E-state index >= 15 is 0 Å². The quantitative estimate of drug-likeness (QED) is 0.542. The van der Waals surface area contributed by atoms with Crippen LogP contribution in [0.15, 0.2) is 36.4 Å². The number of ether oxygens (including phenoxy) is 1. The average Bonchev–Trinajstić information content (AvgIpc) is 2.69. The van der Waals surface area contributed by atoms with E-state index in [-0.39, 0.29) is 23.8 Å². The van der Waals surface area contributed by atoms with Gasteiger partial charge in [-0.2, -0.15) is 0 Å². The number of carbonyl (C=O) groups excluding carboxylic acids is 2. The average molecular weight is 415 g/mol. The maximum Gasteiger partial charge on any atom is 0.269 e. The van der Waals surface area contributed by atoms with E-state index in [9.17, 15) is 19.7 Å². The summed E-state index contributed by atoms with van der Waals surface area (Å²) in [5, 5.41) is 11.3. The molecule has 2 heterocycles. The number of carbonyl (C=O) groups is 2. The first-order valence-electron chi connectivity index (χ1n) is 9.34. The van der Waals surface area contributed by atoms with E-state index in [1.54, 1.807) is 17.0 Å². The minimum atomic E-state index is -0.616. The SMILES string of the molecule is Cc1cc(Cl)cc2c1OC1(CCN(C(=O)c3ccc([N+](=O)[O-])cc3)CC1)CC2=O. The van der Waals surface area contributed by atoms with Crippen molar-refractivity contribution in [2.75, 3.05) is 13.1 Å². The Bertz CT molecular complexity index is 1010. The van der Waals surface area contributed by atoms with Crippen LogP contribution in [-0.2, 0) is 0 Å². The van der Waals surface area contributed by atoms with E-state index in [0.717, 1.165) is 5.56 Å². The monoisotopic (exact) mass is 414 g/mol. The molecule has 0 atom stereocenters. The van der Waals surface area contributed by atoms with Gasteiger partial charge in [0, 0.05) is 48.6 Å². The Balaban J connectivity index is 1.48. The minimum absolute atomic E-state index is 0.00648. The van der Waals surface area contributed by atoms with Gasteiger partial charge in [-0.15, -0.1) is 0 Å². The molecular formula is C21H19ClN2O5. The zero-order valence-corrected chi connectivity index (χ0v) is 16.6. The van der Waals surface area contributed by atoms with Crippen LogP contribution in [0, 0.1) is 17.0 Å². The summed E-state index contributed by atoms with van der Waals surface area (Å²) in [4.78, 5) is 37.4. The zero-order valence-electron chi connectivity index (χ0n) is 15.8. The molecule has 2 aromatic carbocycles. The molecule has 1 saturated heterocycles. The Morgan fingerprint density at radius 2 is 1.86 bits per heavy atom. The molecule has 0 unspecified atom stereocenters. The largest absolute Gasteiger partial charge is 0.486 e. The maximum absolute atomic E-state index is 12.7. The highest BCUT2D eigenvalue weighted by Gasteiger charge is 2.44. The van der Waals surface area contributed by atoms with Crippen LogP contribution in [-0.4, -0.2) is 40.2 Å². The number of benzene rings is 2. The first-order valence-corrected chi connectivity index (χ1v) is 9.72. The molecule has 2 aliphatic heterocycles. The van der Waals surface area contributed by atoms with Crippen molar-refractivity contribution in [1.29, 1.82) is 0 Å². The van der Waals surface area contributed by atoms with Gasteiger partial charge >= 0.3 is 0 Å². The van der Waals surface area contributed by atoms with Crippen LogP contribution in [0.25, 0.3) is 0 Å². The molecule has 0 saturated carbocycles. The van der Waals surface area contributed by atoms with Crippen molar-refractivity contribution in [1.82, 2.24) is 4.90 Å². The molecule has 0 radical (unpaired) electrons. The number of hydrogen-bond donors (Lipinski definition) is 0. The molecule has 4 rings (SSSR count). The third kappa shape index (κ3) is 3.58. The standard InChI is InChI=1S/C21H19ClN2O5/c1-13-10-15(22)11-17-18(25)12-21(29-19(13)17)6-8-23(9-7-21)20(26)14-2-4-16(5-3-14)24(27)28/h2-5,10-11H,6-9,12H2,1H3. The highest BCUT2D eigenvalue weighted by atomic mass is 35.5. The highest BCUT2D eigenvalue weighted by molar-refractivity contribution is 6.31. The van der Waals surface area contributed by atoms with Crippen molar-refractivity contribution < 1.29 is 19.2 Å². The number of halogens is 1. The second kappa shape index (κ2) is 7.15. The number of amides is 1. The van der Waals surface area contributed by atoms with Gasteiger partial charge in [0.15, 0.2) is 5.78 Å². The van der Waals surface area contributed by atoms with Crippen LogP contribution in [0.1, 0.15) is 45.5 Å². The number of nitrogens with zero attached hydrogens (tertiary/aromatic N) is 2. The molecule has 0 aromatic heterocycles. The Morgan fingerprint density at radius 1 is 1.21 bits per heavy atom. The lowest BCUT2D eigenvalue weighted by Crippen LogP contribution is -2.52. The van der Waals surface area contributed by atoms with Gasteiger partial charge in [0.05, 0.1) is 16.9 Å². The molecular weight excluding hydrogens is 396 g/mol. The number of rotatable bonds is 2. The van der Waals surface area contributed by atoms with Crippen molar-refractivity contribution in [2.45, 2.75) is 31.8 Å². The first kappa shape index (κ1) is 19.4. The molecule has 2 aliphatic rings. The lowest BCUT2D eigenvalue weighted by Gasteiger charge is -2.44. The van der Waals surface area contributed by atoms with Crippen LogP contribution in [0.2, 0.25) is 5.02 Å². The second-order valence-electron chi connectivity index (χ2n) is 7.58. The number of fused-ring (bicyclic) bond motifs is 1. The second-order valence-corrected chi connectivity index (χ2v) is 8.02. The fourth-order valence-electron chi connectivity index (χ4n) is 4.02. The summed E-state index contributed by atoms with van der Waals surface area (Å²) in [5.41, 5.74) is 1.08. The van der Waals surface area contributed by atoms with E-state index < -0.39 is 10.5 Å². The molecule has 1 spiro atoms. The molecule has 1 amide bonds. The first-order chi connectivity index (χ1) is 13.8. The number of nitro benzene ring substituents is 1. The van der Waals surface area contributed by atoms with Crippen molar-refractivity contribution >= 4 is 29.0 Å². The highest BCUT2D eigenvalue weighted by Crippen LogP contribution is 2.42. The van der Waals surface area contributed by atoms with Crippen molar-refractivity contribution in [3.63, 3.8) is 0 Å². The van der Waals surface area contributed by atoms with Gasteiger partial charge in [0.25, 0.3) is 11.6 Å². The van der Waals surface area contributed by atoms with Gasteiger partial charge in [-0.3, -0.25) is 19.7 Å². The number of hydrogen-bond acceptors (Lipinski definition) is 5. The van der Waals surface area contributed by atoms with Crippen LogP contribution < -0.4 is 4.74 Å². The summed E-state index contributed by atoms with van der Waals surface area (Å²) in [7, 11) is 0. The molecule has 0 N–H and O–H groups in total. The van der Waals surface area contributed by atoms with Crippen molar-refractivity contribution in [3.05, 3.63) is 68.2 Å². The predicted octanol–water partition coefficient (Wildman–Crippen LogP) is 4.20. The van der Waals surface area contributed by atoms with E-state index in [2.05, 4.69) is 0 Å². The lowest BCUT2D eigenvalue weighted by atomic mass is 9.82. The van der Waals surface area contributed by atoms with Crippen LogP contribution in [0.4, 0.5) is 5.69 Å². The molecule has 0 bridgehead atoms. The van der Waals surface area contributed by atoms with Crippen LogP contribution in [0.5, 0.6) is 5.75 Å². The number of nitro groups is 1. The molecule has 29 heavy (non-hydrogen) atoms. The van der Waals surface area contributed by atoms with Crippen LogP contribution in [0.3, 0.4) is 0 Å². The van der Waals surface area contributed by atoms with Crippen molar-refractivity contribution in [2.24, 2.45) is 0 Å². The summed E-state index contributed by atoms with van der Waals surface area (Å²) >= 11 is 6.07.